The summed E-state index contributed by atoms with van der Waals surface area (Å²) in [7, 11) is 0. The van der Waals surface area contributed by atoms with E-state index in [1.165, 1.54) is 302 Å². The maximum absolute atomic E-state index is 12.5. The first-order valence-electron chi connectivity index (χ1n) is 36.6. The third-order valence-electron chi connectivity index (χ3n) is 16.8. The van der Waals surface area contributed by atoms with Crippen LogP contribution >= 0.6 is 0 Å². The molecule has 0 aromatic carbocycles. The Balaban J connectivity index is 3.45. The SMILES string of the molecule is CCCCCC/C=C\C/C=C\CCCCCCCC(=O)OCCCCCCCCCCC/C=C\C/C=C\CCCCCCCCCCCCCC(=O)NC(CO)C(O)/C=C/CCCCCCCCCCCCCCCCCCCCCC. The number of aliphatic hydroxyl groups excluding tert-OH is 2. The summed E-state index contributed by atoms with van der Waals surface area (Å²) in [5.41, 5.74) is 0. The highest BCUT2D eigenvalue weighted by molar-refractivity contribution is 5.76. The van der Waals surface area contributed by atoms with Crippen molar-refractivity contribution < 1.29 is 24.5 Å². The topological polar surface area (TPSA) is 95.9 Å². The average Bonchev–Trinajstić information content (AvgIpc) is 3.48. The van der Waals surface area contributed by atoms with Crippen molar-refractivity contribution in [3.8, 4) is 0 Å². The number of ether oxygens (including phenoxy) is 1. The molecular weight excluding hydrogens is 1010 g/mol. The predicted octanol–water partition coefficient (Wildman–Crippen LogP) is 23.8. The molecule has 6 nitrogen and oxygen atoms in total. The molecule has 0 aromatic heterocycles. The standard InChI is InChI=1S/C76H141NO5/c1-3-5-7-9-11-13-15-17-19-21-22-23-31-34-37-40-44-48-52-56-60-64-68-74(79)73(72-78)77-75(80)69-65-61-57-53-49-45-41-38-35-32-29-27-25-24-26-28-30-33-36-39-43-47-51-55-59-63-67-71-82-76(81)70-66-62-58-54-50-46-42-20-18-16-14-12-10-8-6-4-2/h14,16,20,24-25,28,30,42,64,68,73-74,78-79H,3-13,15,17-19,21-23,26-27,29,31-41,43-63,65-67,69-72H2,1-2H3,(H,77,80)/b16-14-,25-24-,30-28-,42-20-,68-64+. The summed E-state index contributed by atoms with van der Waals surface area (Å²) in [6.45, 7) is 4.90. The highest BCUT2D eigenvalue weighted by atomic mass is 16.5. The maximum atomic E-state index is 12.5. The highest BCUT2D eigenvalue weighted by Crippen LogP contribution is 2.18. The van der Waals surface area contributed by atoms with E-state index in [9.17, 15) is 19.8 Å². The highest BCUT2D eigenvalue weighted by Gasteiger charge is 2.18. The first-order chi connectivity index (χ1) is 40.5. The van der Waals surface area contributed by atoms with Crippen LogP contribution in [0.15, 0.2) is 60.8 Å². The molecule has 0 spiro atoms. The van der Waals surface area contributed by atoms with Gasteiger partial charge in [0.2, 0.25) is 5.91 Å². The number of amides is 1. The van der Waals surface area contributed by atoms with E-state index in [0.717, 1.165) is 57.8 Å². The van der Waals surface area contributed by atoms with E-state index in [4.69, 9.17) is 4.74 Å². The molecule has 0 bridgehead atoms. The Morgan fingerprint density at radius 3 is 0.939 bits per heavy atom. The number of rotatable bonds is 68. The number of nitrogens with one attached hydrogen (secondary N) is 1. The van der Waals surface area contributed by atoms with Crippen molar-refractivity contribution in [2.45, 2.75) is 398 Å². The first kappa shape index (κ1) is 79.6. The third-order valence-corrected chi connectivity index (χ3v) is 16.8. The van der Waals surface area contributed by atoms with E-state index in [2.05, 4.69) is 67.8 Å². The zero-order chi connectivity index (χ0) is 59.2. The summed E-state index contributed by atoms with van der Waals surface area (Å²) in [4.78, 5) is 24.6. The molecule has 0 saturated heterocycles. The molecule has 0 aliphatic rings. The fourth-order valence-electron chi connectivity index (χ4n) is 11.2. The summed E-state index contributed by atoms with van der Waals surface area (Å²) >= 11 is 0. The van der Waals surface area contributed by atoms with Gasteiger partial charge in [0.1, 0.15) is 0 Å². The van der Waals surface area contributed by atoms with Crippen molar-refractivity contribution in [3.05, 3.63) is 60.8 Å². The van der Waals surface area contributed by atoms with Gasteiger partial charge < -0.3 is 20.3 Å². The quantitative estimate of drug-likeness (QED) is 0.0320. The van der Waals surface area contributed by atoms with Crippen molar-refractivity contribution >= 4 is 11.9 Å². The molecule has 82 heavy (non-hydrogen) atoms. The van der Waals surface area contributed by atoms with E-state index >= 15 is 0 Å². The number of aliphatic hydroxyl groups is 2. The van der Waals surface area contributed by atoms with Crippen molar-refractivity contribution in [1.82, 2.24) is 5.32 Å². The number of allylic oxidation sites excluding steroid dienone is 9. The second-order valence-electron chi connectivity index (χ2n) is 24.9. The summed E-state index contributed by atoms with van der Waals surface area (Å²) in [5, 5.41) is 23.3. The molecule has 0 aliphatic heterocycles. The lowest BCUT2D eigenvalue weighted by atomic mass is 10.0. The smallest absolute Gasteiger partial charge is 0.305 e. The van der Waals surface area contributed by atoms with Gasteiger partial charge in [0.25, 0.3) is 0 Å². The molecule has 0 fully saturated rings. The predicted molar refractivity (Wildman–Crippen MR) is 361 cm³/mol. The van der Waals surface area contributed by atoms with Crippen LogP contribution in [0.5, 0.6) is 0 Å². The van der Waals surface area contributed by atoms with Gasteiger partial charge in [0.05, 0.1) is 25.4 Å². The Morgan fingerprint density at radius 1 is 0.341 bits per heavy atom. The van der Waals surface area contributed by atoms with Gasteiger partial charge >= 0.3 is 5.97 Å². The summed E-state index contributed by atoms with van der Waals surface area (Å²) in [6, 6.07) is -0.633. The summed E-state index contributed by atoms with van der Waals surface area (Å²) in [5.74, 6) is -0.0715. The second kappa shape index (κ2) is 71.0. The van der Waals surface area contributed by atoms with Gasteiger partial charge in [0, 0.05) is 12.8 Å². The van der Waals surface area contributed by atoms with Crippen LogP contribution in [0.4, 0.5) is 0 Å². The van der Waals surface area contributed by atoms with E-state index in [1.54, 1.807) is 6.08 Å². The Kier molecular flexibility index (Phi) is 68.9. The van der Waals surface area contributed by atoms with Crippen LogP contribution in [-0.2, 0) is 14.3 Å². The minimum atomic E-state index is -0.849. The van der Waals surface area contributed by atoms with Crippen LogP contribution in [0, 0.1) is 0 Å². The van der Waals surface area contributed by atoms with Gasteiger partial charge in [0.15, 0.2) is 0 Å². The molecule has 0 heterocycles. The number of hydrogen-bond acceptors (Lipinski definition) is 5. The lowest BCUT2D eigenvalue weighted by Crippen LogP contribution is -2.45. The minimum Gasteiger partial charge on any atom is -0.466 e. The third kappa shape index (κ3) is 66.7. The van der Waals surface area contributed by atoms with Crippen LogP contribution in [0.3, 0.4) is 0 Å². The van der Waals surface area contributed by atoms with Crippen LogP contribution < -0.4 is 5.32 Å². The lowest BCUT2D eigenvalue weighted by molar-refractivity contribution is -0.143. The number of esters is 1. The Labute approximate surface area is 511 Å². The van der Waals surface area contributed by atoms with Gasteiger partial charge in [-0.2, -0.15) is 0 Å². The van der Waals surface area contributed by atoms with Crippen molar-refractivity contribution in [3.63, 3.8) is 0 Å². The normalized spacial score (nSPS) is 12.9. The van der Waals surface area contributed by atoms with Crippen molar-refractivity contribution in [2.75, 3.05) is 13.2 Å². The van der Waals surface area contributed by atoms with Gasteiger partial charge in [-0.15, -0.1) is 0 Å². The molecule has 480 valence electrons. The van der Waals surface area contributed by atoms with Crippen LogP contribution in [0.2, 0.25) is 0 Å². The fraction of sp³-hybridized carbons (Fsp3) is 0.842. The zero-order valence-electron chi connectivity index (χ0n) is 55.0. The number of carbonyl (C=O) groups excluding carboxylic acids is 2. The Bertz CT molecular complexity index is 1420. The van der Waals surface area contributed by atoms with Crippen LogP contribution in [-0.4, -0.2) is 47.4 Å². The van der Waals surface area contributed by atoms with Crippen LogP contribution in [0.1, 0.15) is 386 Å². The zero-order valence-corrected chi connectivity index (χ0v) is 55.0. The summed E-state index contributed by atoms with van der Waals surface area (Å²) < 4.78 is 5.48. The summed E-state index contributed by atoms with van der Waals surface area (Å²) in [6.07, 6.45) is 94.4. The van der Waals surface area contributed by atoms with Gasteiger partial charge in [-0.25, -0.2) is 0 Å². The fourth-order valence-corrected chi connectivity index (χ4v) is 11.2. The second-order valence-corrected chi connectivity index (χ2v) is 24.9. The Morgan fingerprint density at radius 2 is 0.610 bits per heavy atom. The van der Waals surface area contributed by atoms with E-state index < -0.39 is 12.1 Å². The lowest BCUT2D eigenvalue weighted by Gasteiger charge is -2.20. The number of carbonyl (C=O) groups is 2. The monoisotopic (exact) mass is 1150 g/mol. The Hall–Kier alpha value is -2.44. The molecule has 0 rings (SSSR count). The van der Waals surface area contributed by atoms with Gasteiger partial charge in [-0.1, -0.05) is 338 Å². The van der Waals surface area contributed by atoms with Crippen LogP contribution in [0.25, 0.3) is 0 Å². The first-order valence-corrected chi connectivity index (χ1v) is 36.6. The average molecular weight is 1150 g/mol. The van der Waals surface area contributed by atoms with Gasteiger partial charge in [-0.05, 0) is 96.3 Å². The van der Waals surface area contributed by atoms with Crippen molar-refractivity contribution in [2.24, 2.45) is 0 Å². The molecule has 3 N–H and O–H groups in total. The molecule has 0 radical (unpaired) electrons. The molecule has 0 aromatic rings. The van der Waals surface area contributed by atoms with Gasteiger partial charge in [-0.3, -0.25) is 9.59 Å². The molecule has 0 aliphatic carbocycles. The maximum Gasteiger partial charge on any atom is 0.305 e. The minimum absolute atomic E-state index is 0.00321. The van der Waals surface area contributed by atoms with E-state index in [0.29, 0.717) is 19.4 Å². The van der Waals surface area contributed by atoms with E-state index in [1.807, 2.05) is 6.08 Å². The molecule has 6 heteroatoms. The van der Waals surface area contributed by atoms with E-state index in [-0.39, 0.29) is 18.5 Å². The number of unbranched alkanes of at least 4 members (excludes halogenated alkanes) is 49. The largest absolute Gasteiger partial charge is 0.466 e. The van der Waals surface area contributed by atoms with Crippen molar-refractivity contribution in [1.29, 1.82) is 0 Å². The molecule has 1 amide bonds. The number of hydrogen-bond donors (Lipinski definition) is 3. The molecule has 2 atom stereocenters. The molecule has 2 unspecified atom stereocenters. The molecule has 0 saturated carbocycles. The molecular formula is C76H141NO5.